The van der Waals surface area contributed by atoms with Crippen LogP contribution < -0.4 is 10.7 Å². The third-order valence-electron chi connectivity index (χ3n) is 6.00. The second-order valence-electron chi connectivity index (χ2n) is 8.08. The molecule has 0 spiro atoms. The Morgan fingerprint density at radius 2 is 1.88 bits per heavy atom. The van der Waals surface area contributed by atoms with Gasteiger partial charge in [-0.15, -0.1) is 0 Å². The number of aromatic nitrogens is 1. The third-order valence-corrected chi connectivity index (χ3v) is 6.00. The first-order chi connectivity index (χ1) is 16.1. The van der Waals surface area contributed by atoms with E-state index in [0.29, 0.717) is 18.7 Å². The summed E-state index contributed by atoms with van der Waals surface area (Å²) in [6, 6.07) is 0.0810. The summed E-state index contributed by atoms with van der Waals surface area (Å²) in [5.74, 6) is -6.03. The third kappa shape index (κ3) is 3.96. The topological polar surface area (TPSA) is 101 Å². The number of hydrogen-bond acceptors (Lipinski definition) is 5. The number of carbonyl (C=O) groups is 2. The Balaban J connectivity index is 1.72. The van der Waals surface area contributed by atoms with Gasteiger partial charge in [-0.2, -0.15) is 0 Å². The molecule has 0 aliphatic carbocycles. The zero-order chi connectivity index (χ0) is 24.7. The number of aromatic hydroxyl groups is 1. The van der Waals surface area contributed by atoms with Crippen molar-refractivity contribution < 1.29 is 32.6 Å². The number of rotatable bonds is 5. The normalized spacial score (nSPS) is 21.3. The van der Waals surface area contributed by atoms with Crippen molar-refractivity contribution >= 4 is 11.8 Å². The van der Waals surface area contributed by atoms with E-state index in [0.717, 1.165) is 6.20 Å². The molecule has 4 rings (SSSR count). The zero-order valence-electron chi connectivity index (χ0n) is 18.3. The van der Waals surface area contributed by atoms with Crippen LogP contribution in [0, 0.1) is 17.5 Å². The van der Waals surface area contributed by atoms with E-state index in [-0.39, 0.29) is 18.3 Å². The van der Waals surface area contributed by atoms with Crippen molar-refractivity contribution in [3.05, 3.63) is 75.0 Å². The van der Waals surface area contributed by atoms with Crippen molar-refractivity contribution in [2.75, 3.05) is 13.2 Å². The summed E-state index contributed by atoms with van der Waals surface area (Å²) in [5.41, 5.74) is -2.50. The van der Waals surface area contributed by atoms with Crippen LogP contribution in [0.4, 0.5) is 13.2 Å². The van der Waals surface area contributed by atoms with Crippen molar-refractivity contribution in [1.29, 1.82) is 0 Å². The summed E-state index contributed by atoms with van der Waals surface area (Å²) in [4.78, 5) is 40.1. The number of hydrogen-bond donors (Lipinski definition) is 2. The molecule has 2 N–H and O–H groups in total. The van der Waals surface area contributed by atoms with Gasteiger partial charge in [-0.3, -0.25) is 14.4 Å². The second kappa shape index (κ2) is 8.98. The molecule has 2 aliphatic heterocycles. The maximum Gasteiger partial charge on any atom is 0.275 e. The lowest BCUT2D eigenvalue weighted by Gasteiger charge is -2.38. The molecule has 0 saturated carbocycles. The van der Waals surface area contributed by atoms with Gasteiger partial charge in [0, 0.05) is 49.6 Å². The van der Waals surface area contributed by atoms with Gasteiger partial charge in [0.1, 0.15) is 23.0 Å². The number of benzene rings is 1. The Morgan fingerprint density at radius 3 is 2.53 bits per heavy atom. The lowest BCUT2D eigenvalue weighted by Crippen LogP contribution is -2.49. The van der Waals surface area contributed by atoms with E-state index >= 15 is 0 Å². The number of nitrogens with one attached hydrogen (secondary N) is 1. The molecule has 3 heterocycles. The molecule has 0 radical (unpaired) electrons. The number of pyridine rings is 1. The lowest BCUT2D eigenvalue weighted by atomic mass is 10.0. The highest BCUT2D eigenvalue weighted by Crippen LogP contribution is 2.33. The Morgan fingerprint density at radius 1 is 1.21 bits per heavy atom. The van der Waals surface area contributed by atoms with E-state index in [2.05, 4.69) is 5.32 Å². The highest BCUT2D eigenvalue weighted by molar-refractivity contribution is 5.99. The average Bonchev–Trinajstić information content (AvgIpc) is 2.91. The molecule has 3 atom stereocenters. The molecule has 2 amide bonds. The van der Waals surface area contributed by atoms with Gasteiger partial charge in [-0.1, -0.05) is 12.2 Å². The van der Waals surface area contributed by atoms with Crippen LogP contribution in [0.3, 0.4) is 0 Å². The van der Waals surface area contributed by atoms with Crippen LogP contribution in [0.5, 0.6) is 5.75 Å². The van der Waals surface area contributed by atoms with Gasteiger partial charge in [-0.05, 0) is 13.8 Å². The van der Waals surface area contributed by atoms with E-state index in [4.69, 9.17) is 4.74 Å². The summed E-state index contributed by atoms with van der Waals surface area (Å²) in [6.45, 7) is 3.48. The first-order valence-corrected chi connectivity index (χ1v) is 10.6. The zero-order valence-corrected chi connectivity index (χ0v) is 18.3. The minimum atomic E-state index is -1.20. The summed E-state index contributed by atoms with van der Waals surface area (Å²) >= 11 is 0. The summed E-state index contributed by atoms with van der Waals surface area (Å²) in [6.07, 6.45) is 4.21. The second-order valence-corrected chi connectivity index (χ2v) is 8.08. The van der Waals surface area contributed by atoms with Crippen LogP contribution in [-0.2, 0) is 11.3 Å². The van der Waals surface area contributed by atoms with Gasteiger partial charge in [0.2, 0.25) is 5.43 Å². The molecule has 0 saturated heterocycles. The Bertz CT molecular complexity index is 1240. The van der Waals surface area contributed by atoms with E-state index in [1.807, 2.05) is 0 Å². The highest BCUT2D eigenvalue weighted by Gasteiger charge is 2.41. The number of ether oxygens (including phenoxy) is 1. The van der Waals surface area contributed by atoms with E-state index < -0.39 is 70.3 Å². The van der Waals surface area contributed by atoms with Gasteiger partial charge in [0.15, 0.2) is 11.4 Å². The molecule has 0 fully saturated rings. The number of carbonyl (C=O) groups excluding carboxylic acids is 2. The molecule has 1 aromatic carbocycles. The molecule has 2 aliphatic rings. The predicted octanol–water partition coefficient (Wildman–Crippen LogP) is 2.26. The van der Waals surface area contributed by atoms with Gasteiger partial charge in [0.25, 0.3) is 11.8 Å². The molecule has 11 heteroatoms. The molecule has 8 nitrogen and oxygen atoms in total. The SMILES string of the molecule is CCO[C@H]1C=C[C@H](C)N2CC1n1cc(C(=O)NCc3c(F)cc(F)cc3F)c(=O)c(O)c1C2=O. The van der Waals surface area contributed by atoms with Crippen molar-refractivity contribution in [2.45, 2.75) is 38.6 Å². The van der Waals surface area contributed by atoms with Crippen LogP contribution >= 0.6 is 0 Å². The van der Waals surface area contributed by atoms with Crippen LogP contribution in [0.1, 0.15) is 46.3 Å². The van der Waals surface area contributed by atoms with E-state index in [9.17, 15) is 32.7 Å². The molecule has 2 aromatic rings. The maximum absolute atomic E-state index is 13.9. The lowest BCUT2D eigenvalue weighted by molar-refractivity contribution is 0.0295. The quantitative estimate of drug-likeness (QED) is 0.644. The van der Waals surface area contributed by atoms with Crippen molar-refractivity contribution in [2.24, 2.45) is 0 Å². The number of fused-ring (bicyclic) bond motifs is 4. The van der Waals surface area contributed by atoms with Crippen molar-refractivity contribution in [3.63, 3.8) is 0 Å². The molecule has 34 heavy (non-hydrogen) atoms. The summed E-state index contributed by atoms with van der Waals surface area (Å²) in [7, 11) is 0. The van der Waals surface area contributed by atoms with Gasteiger partial charge in [-0.25, -0.2) is 13.2 Å². The van der Waals surface area contributed by atoms with Crippen LogP contribution in [-0.4, -0.2) is 51.7 Å². The van der Waals surface area contributed by atoms with Crippen LogP contribution in [0.15, 0.2) is 35.3 Å². The first-order valence-electron chi connectivity index (χ1n) is 10.6. The summed E-state index contributed by atoms with van der Waals surface area (Å²) < 4.78 is 48.0. The van der Waals surface area contributed by atoms with Crippen LogP contribution in [0.25, 0.3) is 0 Å². The van der Waals surface area contributed by atoms with Gasteiger partial charge < -0.3 is 24.6 Å². The molecular weight excluding hydrogens is 455 g/mol. The Hall–Kier alpha value is -3.60. The Labute approximate surface area is 192 Å². The molecule has 180 valence electrons. The molecular formula is C23H22F3N3O5. The molecule has 1 aromatic heterocycles. The van der Waals surface area contributed by atoms with Crippen molar-refractivity contribution in [3.8, 4) is 5.75 Å². The number of nitrogens with zero attached hydrogens (tertiary/aromatic N) is 2. The average molecular weight is 477 g/mol. The largest absolute Gasteiger partial charge is 0.503 e. The van der Waals surface area contributed by atoms with Crippen molar-refractivity contribution in [1.82, 2.24) is 14.8 Å². The Kier molecular flexibility index (Phi) is 6.22. The fourth-order valence-electron chi connectivity index (χ4n) is 4.24. The standard InChI is InChI=1S/C23H22F3N3O5/c1-3-34-18-5-4-11(2)28-10-17(18)29-9-14(20(30)21(31)19(29)23(28)33)22(32)27-8-13-15(25)6-12(24)7-16(13)26/h4-7,9,11,17-18,31H,3,8,10H2,1-2H3,(H,27,32)/t11-,17?,18-/m0/s1. The smallest absolute Gasteiger partial charge is 0.275 e. The maximum atomic E-state index is 13.9. The fourth-order valence-corrected chi connectivity index (χ4v) is 4.24. The van der Waals surface area contributed by atoms with E-state index in [1.54, 1.807) is 26.0 Å². The first kappa shape index (κ1) is 23.6. The summed E-state index contributed by atoms with van der Waals surface area (Å²) in [5, 5.41) is 12.8. The number of amides is 2. The molecule has 1 unspecified atom stereocenters. The minimum Gasteiger partial charge on any atom is -0.503 e. The fraction of sp³-hybridized carbons (Fsp3) is 0.348. The minimum absolute atomic E-state index is 0.208. The van der Waals surface area contributed by atoms with E-state index in [1.165, 1.54) is 9.47 Å². The highest BCUT2D eigenvalue weighted by atomic mass is 19.1. The monoisotopic (exact) mass is 477 g/mol. The van der Waals surface area contributed by atoms with Gasteiger partial charge in [0.05, 0.1) is 12.1 Å². The predicted molar refractivity (Wildman–Crippen MR) is 114 cm³/mol. The number of halogens is 3. The van der Waals surface area contributed by atoms with Crippen LogP contribution in [0.2, 0.25) is 0 Å². The van der Waals surface area contributed by atoms with Gasteiger partial charge >= 0.3 is 0 Å². The molecule has 2 bridgehead atoms.